The Morgan fingerprint density at radius 1 is 1.18 bits per heavy atom. The average Bonchev–Trinajstić information content (AvgIpc) is 3.48. The zero-order valence-electron chi connectivity index (χ0n) is 21.4. The molecule has 0 saturated carbocycles. The molecule has 0 fully saturated rings. The number of fused-ring (bicyclic) bond motifs is 1. The Morgan fingerprint density at radius 3 is 2.56 bits per heavy atom. The van der Waals surface area contributed by atoms with E-state index in [1.807, 2.05) is 52.8 Å². The second-order valence-corrected chi connectivity index (χ2v) is 7.72. The highest BCUT2D eigenvalue weighted by Gasteiger charge is 2.13. The van der Waals surface area contributed by atoms with E-state index in [-0.39, 0.29) is 5.91 Å². The van der Waals surface area contributed by atoms with Gasteiger partial charge in [-0.3, -0.25) is 10.1 Å². The summed E-state index contributed by atoms with van der Waals surface area (Å²) in [6.45, 7) is 14.8. The van der Waals surface area contributed by atoms with Crippen molar-refractivity contribution in [1.82, 2.24) is 15.0 Å². The van der Waals surface area contributed by atoms with Crippen LogP contribution in [0.4, 0.5) is 5.95 Å². The topological polar surface area (TPSA) is 79.9 Å². The van der Waals surface area contributed by atoms with Gasteiger partial charge in [-0.25, -0.2) is 9.97 Å². The first kappa shape index (κ1) is 31.4. The predicted octanol–water partition coefficient (Wildman–Crippen LogP) is 8.43. The van der Waals surface area contributed by atoms with E-state index in [2.05, 4.69) is 34.1 Å². The lowest BCUT2D eigenvalue weighted by Gasteiger charge is -1.97. The smallest absolute Gasteiger partial charge is 0.277 e. The van der Waals surface area contributed by atoms with Gasteiger partial charge in [-0.05, 0) is 31.5 Å². The number of allylic oxidation sites excluding steroid dienone is 2. The number of aromatic nitrogens is 3. The van der Waals surface area contributed by atoms with Crippen molar-refractivity contribution in [3.8, 4) is 0 Å². The fraction of sp³-hybridized carbons (Fsp3) is 0.423. The van der Waals surface area contributed by atoms with Crippen LogP contribution in [0.5, 0.6) is 0 Å². The number of imidazole rings is 1. The number of aromatic amines is 1. The quantitative estimate of drug-likeness (QED) is 0.182. The van der Waals surface area contributed by atoms with Gasteiger partial charge in [0.15, 0.2) is 0 Å². The van der Waals surface area contributed by atoms with Crippen LogP contribution in [-0.2, 0) is 11.2 Å². The van der Waals surface area contributed by atoms with Gasteiger partial charge in [-0.1, -0.05) is 77.8 Å². The van der Waals surface area contributed by atoms with E-state index >= 15 is 0 Å². The van der Waals surface area contributed by atoms with Crippen molar-refractivity contribution in [3.05, 3.63) is 63.8 Å². The first-order valence-corrected chi connectivity index (χ1v) is 13.1. The normalized spacial score (nSPS) is 10.1. The van der Waals surface area contributed by atoms with Crippen LogP contribution in [0, 0.1) is 0 Å². The molecule has 6 nitrogen and oxygen atoms in total. The number of halogens is 1. The molecule has 2 aromatic heterocycles. The molecular weight excluding hydrogens is 468 g/mol. The van der Waals surface area contributed by atoms with Crippen molar-refractivity contribution < 1.29 is 9.53 Å². The van der Waals surface area contributed by atoms with Crippen LogP contribution in [0.2, 0.25) is 5.02 Å². The van der Waals surface area contributed by atoms with E-state index in [0.29, 0.717) is 29.7 Å². The summed E-state index contributed by atoms with van der Waals surface area (Å²) in [4.78, 5) is 24.1. The molecule has 0 aliphatic rings. The van der Waals surface area contributed by atoms with Crippen LogP contribution in [0.3, 0.4) is 0 Å². The summed E-state index contributed by atoms with van der Waals surface area (Å²) in [5, 5.41) is 5.96. The molecular formula is C26H39ClN4O2S. The van der Waals surface area contributed by atoms with Gasteiger partial charge in [0.2, 0.25) is 5.95 Å². The summed E-state index contributed by atoms with van der Waals surface area (Å²) in [7, 11) is 0. The third-order valence-corrected chi connectivity index (χ3v) is 4.66. The largest absolute Gasteiger partial charge is 0.501 e. The maximum atomic E-state index is 12.4. The van der Waals surface area contributed by atoms with Crippen molar-refractivity contribution in [2.75, 3.05) is 11.9 Å². The Labute approximate surface area is 213 Å². The molecule has 188 valence electrons. The fourth-order valence-electron chi connectivity index (χ4n) is 2.32. The van der Waals surface area contributed by atoms with Gasteiger partial charge in [-0.15, -0.1) is 11.3 Å². The van der Waals surface area contributed by atoms with E-state index in [0.717, 1.165) is 22.5 Å². The zero-order valence-corrected chi connectivity index (χ0v) is 23.0. The number of hydrogen-bond donors (Lipinski definition) is 2. The minimum Gasteiger partial charge on any atom is -0.501 e. The Kier molecular flexibility index (Phi) is 18.3. The van der Waals surface area contributed by atoms with Gasteiger partial charge in [0, 0.05) is 16.8 Å². The molecule has 8 heteroatoms. The summed E-state index contributed by atoms with van der Waals surface area (Å²) in [6.07, 6.45) is 10.4. The molecule has 1 aromatic carbocycles. The average molecular weight is 507 g/mol. The molecule has 0 radical (unpaired) electrons. The van der Waals surface area contributed by atoms with Gasteiger partial charge < -0.3 is 9.72 Å². The molecule has 0 unspecified atom stereocenters. The van der Waals surface area contributed by atoms with E-state index < -0.39 is 0 Å². The summed E-state index contributed by atoms with van der Waals surface area (Å²) >= 11 is 7.41. The first-order chi connectivity index (χ1) is 16.6. The van der Waals surface area contributed by atoms with Crippen molar-refractivity contribution in [2.45, 2.75) is 67.7 Å². The van der Waals surface area contributed by atoms with Crippen LogP contribution >= 0.6 is 22.9 Å². The number of benzene rings is 1. The SMILES string of the molecule is C/C=C/OCC/C=C/Cc1nc(C(=O)Nc2nc3ccc(Cl)cc3[nH]2)cs1.CC.CC.CCC. The number of nitrogens with one attached hydrogen (secondary N) is 2. The lowest BCUT2D eigenvalue weighted by Crippen LogP contribution is -2.13. The Hall–Kier alpha value is -2.64. The first-order valence-electron chi connectivity index (χ1n) is 11.9. The number of thiazole rings is 1. The van der Waals surface area contributed by atoms with Crippen LogP contribution in [0.15, 0.2) is 48.1 Å². The molecule has 3 aromatic rings. The number of carbonyl (C=O) groups is 1. The monoisotopic (exact) mass is 506 g/mol. The highest BCUT2D eigenvalue weighted by Crippen LogP contribution is 2.19. The van der Waals surface area contributed by atoms with Crippen molar-refractivity contribution >= 4 is 45.8 Å². The maximum Gasteiger partial charge on any atom is 0.277 e. The molecule has 0 bridgehead atoms. The molecule has 1 amide bonds. The summed E-state index contributed by atoms with van der Waals surface area (Å²) in [5.41, 5.74) is 1.87. The minimum atomic E-state index is -0.300. The number of nitrogens with zero attached hydrogens (tertiary/aromatic N) is 2. The Balaban J connectivity index is 0.00000141. The molecule has 2 heterocycles. The minimum absolute atomic E-state index is 0.300. The third-order valence-electron chi connectivity index (χ3n) is 3.55. The van der Waals surface area contributed by atoms with Crippen LogP contribution in [0.25, 0.3) is 11.0 Å². The number of rotatable bonds is 8. The lowest BCUT2D eigenvalue weighted by atomic mass is 10.3. The van der Waals surface area contributed by atoms with Crippen molar-refractivity contribution in [3.63, 3.8) is 0 Å². The summed E-state index contributed by atoms with van der Waals surface area (Å²) < 4.78 is 5.24. The van der Waals surface area contributed by atoms with Crippen LogP contribution in [-0.4, -0.2) is 27.5 Å². The fourth-order valence-corrected chi connectivity index (χ4v) is 3.25. The standard InChI is InChI=1S/C19H19ClN4O2S.C3H8.2C2H6/c1-2-9-26-10-5-3-4-6-17-21-16(12-27-17)18(25)24-19-22-14-8-7-13(20)11-15(14)23-19;1-3-2;2*1-2/h2-4,7-9,11-12H,5-6,10H2,1H3,(H2,22,23,24,25);3H2,1-2H3;2*1-2H3/b4-3+,9-2+;;;. The second-order valence-electron chi connectivity index (χ2n) is 6.34. The van der Waals surface area contributed by atoms with Gasteiger partial charge in [0.05, 0.1) is 28.9 Å². The summed E-state index contributed by atoms with van der Waals surface area (Å²) in [6, 6.07) is 5.31. The van der Waals surface area contributed by atoms with E-state index in [9.17, 15) is 4.79 Å². The van der Waals surface area contributed by atoms with Crippen LogP contribution < -0.4 is 5.32 Å². The molecule has 0 spiro atoms. The third kappa shape index (κ3) is 12.0. The highest BCUT2D eigenvalue weighted by atomic mass is 35.5. The number of H-pyrrole nitrogens is 1. The number of amides is 1. The van der Waals surface area contributed by atoms with Crippen LogP contribution in [0.1, 0.15) is 76.8 Å². The Morgan fingerprint density at radius 2 is 1.88 bits per heavy atom. The van der Waals surface area contributed by atoms with Crippen molar-refractivity contribution in [2.24, 2.45) is 0 Å². The van der Waals surface area contributed by atoms with Crippen molar-refractivity contribution in [1.29, 1.82) is 0 Å². The molecule has 3 rings (SSSR count). The van der Waals surface area contributed by atoms with E-state index in [1.165, 1.54) is 17.8 Å². The Bertz CT molecular complexity index is 996. The van der Waals surface area contributed by atoms with E-state index in [1.54, 1.807) is 29.8 Å². The molecule has 0 aliphatic heterocycles. The molecule has 0 aliphatic carbocycles. The van der Waals surface area contributed by atoms with Gasteiger partial charge in [-0.2, -0.15) is 0 Å². The maximum absolute atomic E-state index is 12.4. The second kappa shape index (κ2) is 19.8. The van der Waals surface area contributed by atoms with E-state index in [4.69, 9.17) is 16.3 Å². The lowest BCUT2D eigenvalue weighted by molar-refractivity contribution is 0.102. The van der Waals surface area contributed by atoms with Gasteiger partial charge in [0.25, 0.3) is 5.91 Å². The molecule has 0 atom stereocenters. The predicted molar refractivity (Wildman–Crippen MR) is 148 cm³/mol. The molecule has 0 saturated heterocycles. The molecule has 34 heavy (non-hydrogen) atoms. The van der Waals surface area contributed by atoms with Gasteiger partial charge >= 0.3 is 0 Å². The number of anilines is 1. The van der Waals surface area contributed by atoms with Gasteiger partial charge in [0.1, 0.15) is 5.69 Å². The number of ether oxygens (including phenoxy) is 1. The zero-order chi connectivity index (χ0) is 25.8. The highest BCUT2D eigenvalue weighted by molar-refractivity contribution is 7.09. The summed E-state index contributed by atoms with van der Waals surface area (Å²) in [5.74, 6) is 0.0687. The number of carbonyl (C=O) groups excluding carboxylic acids is 1. The number of hydrogen-bond acceptors (Lipinski definition) is 5. The molecule has 2 N–H and O–H groups in total.